The van der Waals surface area contributed by atoms with E-state index in [1.54, 1.807) is 23.0 Å². The third-order valence-electron chi connectivity index (χ3n) is 4.85. The number of fused-ring (bicyclic) bond motifs is 1. The minimum Gasteiger partial charge on any atom is -0.321 e. The van der Waals surface area contributed by atoms with E-state index in [4.69, 9.17) is 0 Å². The van der Waals surface area contributed by atoms with Crippen molar-refractivity contribution in [1.29, 1.82) is 0 Å². The van der Waals surface area contributed by atoms with Crippen molar-refractivity contribution in [2.24, 2.45) is 7.05 Å². The van der Waals surface area contributed by atoms with E-state index in [2.05, 4.69) is 20.1 Å². The molecule has 0 fully saturated rings. The highest BCUT2D eigenvalue weighted by atomic mass is 32.2. The molecule has 0 unspecified atom stereocenters. The normalized spacial score (nSPS) is 11.5. The van der Waals surface area contributed by atoms with Crippen LogP contribution in [0.1, 0.15) is 21.6 Å². The molecule has 0 radical (unpaired) electrons. The molecule has 2 aromatic carbocycles. The lowest BCUT2D eigenvalue weighted by Gasteiger charge is -2.09. The molecule has 2 heterocycles. The van der Waals surface area contributed by atoms with Gasteiger partial charge in [0, 0.05) is 23.7 Å². The molecule has 158 valence electrons. The Labute approximate surface area is 180 Å². The minimum absolute atomic E-state index is 0.0682. The zero-order valence-electron chi connectivity index (χ0n) is 17.2. The van der Waals surface area contributed by atoms with Crippen LogP contribution in [0.2, 0.25) is 0 Å². The summed E-state index contributed by atoms with van der Waals surface area (Å²) in [4.78, 5) is 17.0. The van der Waals surface area contributed by atoms with Crippen molar-refractivity contribution in [3.8, 4) is 0 Å². The Morgan fingerprint density at radius 3 is 2.32 bits per heavy atom. The highest BCUT2D eigenvalue weighted by Crippen LogP contribution is 2.21. The third-order valence-corrected chi connectivity index (χ3v) is 6.25. The lowest BCUT2D eigenvalue weighted by atomic mass is 10.2. The Bertz CT molecular complexity index is 1380. The summed E-state index contributed by atoms with van der Waals surface area (Å²) in [7, 11) is -1.95. The molecule has 2 aromatic heterocycles. The number of hydrogen-bond donors (Lipinski definition) is 2. The van der Waals surface area contributed by atoms with Gasteiger partial charge in [-0.1, -0.05) is 17.7 Å². The number of anilines is 2. The maximum Gasteiger partial charge on any atom is 0.261 e. The van der Waals surface area contributed by atoms with Gasteiger partial charge in [-0.05, 0) is 56.3 Å². The molecule has 0 aliphatic rings. The Balaban J connectivity index is 1.50. The van der Waals surface area contributed by atoms with Gasteiger partial charge in [0.05, 0.1) is 22.5 Å². The van der Waals surface area contributed by atoms with Crippen LogP contribution in [0.4, 0.5) is 11.4 Å². The lowest BCUT2D eigenvalue weighted by Crippen LogP contribution is -2.15. The number of benzene rings is 2. The summed E-state index contributed by atoms with van der Waals surface area (Å²) in [5.41, 5.74) is 3.92. The number of nitrogens with one attached hydrogen (secondary N) is 2. The summed E-state index contributed by atoms with van der Waals surface area (Å²) in [5, 5.41) is 7.95. The van der Waals surface area contributed by atoms with Crippen LogP contribution < -0.4 is 10.0 Å². The van der Waals surface area contributed by atoms with Gasteiger partial charge in [0.15, 0.2) is 5.65 Å². The van der Waals surface area contributed by atoms with E-state index in [1.165, 1.54) is 24.3 Å². The first-order valence-corrected chi connectivity index (χ1v) is 11.0. The summed E-state index contributed by atoms with van der Waals surface area (Å²) >= 11 is 0. The fourth-order valence-electron chi connectivity index (χ4n) is 3.20. The van der Waals surface area contributed by atoms with E-state index >= 15 is 0 Å². The van der Waals surface area contributed by atoms with Crippen molar-refractivity contribution in [3.63, 3.8) is 0 Å². The van der Waals surface area contributed by atoms with Crippen LogP contribution in [-0.2, 0) is 17.1 Å². The molecule has 0 bridgehead atoms. The Hall–Kier alpha value is -3.72. The van der Waals surface area contributed by atoms with Gasteiger partial charge in [-0.3, -0.25) is 14.2 Å². The predicted octanol–water partition coefficient (Wildman–Crippen LogP) is 3.64. The van der Waals surface area contributed by atoms with Gasteiger partial charge in [-0.2, -0.15) is 5.10 Å². The molecule has 0 aliphatic heterocycles. The van der Waals surface area contributed by atoms with Crippen LogP contribution >= 0.6 is 0 Å². The van der Waals surface area contributed by atoms with Crippen molar-refractivity contribution in [3.05, 3.63) is 77.6 Å². The number of amides is 1. The molecule has 0 spiro atoms. The summed E-state index contributed by atoms with van der Waals surface area (Å²) in [6, 6.07) is 14.6. The van der Waals surface area contributed by atoms with Crippen LogP contribution in [0.3, 0.4) is 0 Å². The van der Waals surface area contributed by atoms with Crippen LogP contribution in [0.25, 0.3) is 11.0 Å². The number of carbonyl (C=O) groups excluding carboxylic acids is 1. The van der Waals surface area contributed by atoms with E-state index < -0.39 is 10.0 Å². The van der Waals surface area contributed by atoms with Gasteiger partial charge < -0.3 is 5.32 Å². The van der Waals surface area contributed by atoms with Gasteiger partial charge in [-0.15, -0.1) is 0 Å². The molecule has 0 saturated heterocycles. The number of aromatic nitrogens is 3. The number of nitrogens with zero attached hydrogens (tertiary/aromatic N) is 3. The summed E-state index contributed by atoms with van der Waals surface area (Å²) in [6.07, 6.45) is 1.56. The number of hydrogen-bond acceptors (Lipinski definition) is 5. The predicted molar refractivity (Wildman–Crippen MR) is 120 cm³/mol. The largest absolute Gasteiger partial charge is 0.321 e. The van der Waals surface area contributed by atoms with E-state index in [9.17, 15) is 13.2 Å². The topological polar surface area (TPSA) is 106 Å². The number of rotatable bonds is 5. The SMILES string of the molecule is Cc1ccc(NS(=O)(=O)c2ccc(C(=O)Nc3cnc4c(c3)c(C)nn4C)cc2)cc1. The van der Waals surface area contributed by atoms with Crippen LogP contribution in [0.5, 0.6) is 0 Å². The first-order valence-electron chi connectivity index (χ1n) is 9.53. The van der Waals surface area contributed by atoms with Crippen molar-refractivity contribution in [2.75, 3.05) is 10.0 Å². The second-order valence-electron chi connectivity index (χ2n) is 7.25. The minimum atomic E-state index is -3.76. The number of carbonyl (C=O) groups is 1. The maximum absolute atomic E-state index is 12.6. The van der Waals surface area contributed by atoms with Crippen LogP contribution in [0.15, 0.2) is 65.7 Å². The molecular weight excluding hydrogens is 414 g/mol. The second kappa shape index (κ2) is 7.84. The molecule has 4 rings (SSSR count). The molecule has 4 aromatic rings. The van der Waals surface area contributed by atoms with Crippen molar-refractivity contribution < 1.29 is 13.2 Å². The highest BCUT2D eigenvalue weighted by molar-refractivity contribution is 7.92. The molecule has 0 aliphatic carbocycles. The Morgan fingerprint density at radius 2 is 1.65 bits per heavy atom. The Kier molecular flexibility index (Phi) is 5.20. The second-order valence-corrected chi connectivity index (χ2v) is 8.94. The maximum atomic E-state index is 12.6. The van der Waals surface area contributed by atoms with E-state index in [-0.39, 0.29) is 10.8 Å². The molecule has 0 saturated carbocycles. The summed E-state index contributed by atoms with van der Waals surface area (Å²) in [6.45, 7) is 3.80. The summed E-state index contributed by atoms with van der Waals surface area (Å²) < 4.78 is 29.4. The van der Waals surface area contributed by atoms with Crippen LogP contribution in [-0.4, -0.2) is 29.1 Å². The van der Waals surface area contributed by atoms with Gasteiger partial charge in [0.1, 0.15) is 0 Å². The molecule has 2 N–H and O–H groups in total. The monoisotopic (exact) mass is 435 g/mol. The third kappa shape index (κ3) is 4.26. The fraction of sp³-hybridized carbons (Fsp3) is 0.136. The molecule has 0 atom stereocenters. The molecule has 9 heteroatoms. The molecular formula is C22H21N5O3S. The average Bonchev–Trinajstić information content (AvgIpc) is 3.03. The van der Waals surface area contributed by atoms with Gasteiger partial charge >= 0.3 is 0 Å². The number of pyridine rings is 1. The fourth-order valence-corrected chi connectivity index (χ4v) is 4.26. The van der Waals surface area contributed by atoms with Gasteiger partial charge in [0.25, 0.3) is 15.9 Å². The van der Waals surface area contributed by atoms with Crippen LogP contribution in [0, 0.1) is 13.8 Å². The zero-order chi connectivity index (χ0) is 22.2. The van der Waals surface area contributed by atoms with Gasteiger partial charge in [-0.25, -0.2) is 13.4 Å². The first kappa shape index (κ1) is 20.5. The number of sulfonamides is 1. The lowest BCUT2D eigenvalue weighted by molar-refractivity contribution is 0.102. The van der Waals surface area contributed by atoms with E-state index in [1.807, 2.05) is 39.1 Å². The first-order chi connectivity index (χ1) is 14.7. The molecule has 1 amide bonds. The van der Waals surface area contributed by atoms with Crippen molar-refractivity contribution >= 4 is 38.3 Å². The number of aryl methyl sites for hydroxylation is 3. The smallest absolute Gasteiger partial charge is 0.261 e. The quantitative estimate of drug-likeness (QED) is 0.498. The standard InChI is InChI=1S/C22H21N5O3S/c1-14-4-8-17(9-5-14)26-31(29,30)19-10-6-16(7-11-19)22(28)24-18-12-20-15(2)25-27(3)21(20)23-13-18/h4-13,26H,1-3H3,(H,24,28). The Morgan fingerprint density at radius 1 is 0.968 bits per heavy atom. The van der Waals surface area contributed by atoms with Gasteiger partial charge in [0.2, 0.25) is 0 Å². The summed E-state index contributed by atoms with van der Waals surface area (Å²) in [5.74, 6) is -0.363. The van der Waals surface area contributed by atoms with Crippen molar-refractivity contribution in [2.45, 2.75) is 18.7 Å². The zero-order valence-corrected chi connectivity index (χ0v) is 18.1. The molecule has 8 nitrogen and oxygen atoms in total. The van der Waals surface area contributed by atoms with Crippen molar-refractivity contribution in [1.82, 2.24) is 14.8 Å². The molecule has 31 heavy (non-hydrogen) atoms. The highest BCUT2D eigenvalue weighted by Gasteiger charge is 2.16. The average molecular weight is 436 g/mol. The van der Waals surface area contributed by atoms with E-state index in [0.717, 1.165) is 22.3 Å². The van der Waals surface area contributed by atoms with E-state index in [0.29, 0.717) is 16.9 Å².